The molecule has 0 aliphatic carbocycles. The maximum absolute atomic E-state index is 14.0. The van der Waals surface area contributed by atoms with Crippen LogP contribution in [0.25, 0.3) is 0 Å². The second-order valence-electron chi connectivity index (χ2n) is 9.68. The summed E-state index contributed by atoms with van der Waals surface area (Å²) in [4.78, 5) is 45.0. The maximum atomic E-state index is 14.0. The molecular weight excluding hydrogens is 422 g/mol. The topological polar surface area (TPSA) is 88.2 Å². The molecule has 1 N–H and O–H groups in total. The van der Waals surface area contributed by atoms with Crippen molar-refractivity contribution in [1.82, 2.24) is 4.90 Å². The van der Waals surface area contributed by atoms with Crippen LogP contribution in [0, 0.1) is 25.7 Å². The fourth-order valence-corrected chi connectivity index (χ4v) is 6.94. The summed E-state index contributed by atoms with van der Waals surface area (Å²) in [5.74, 6) is -0.960. The Labute approximate surface area is 190 Å². The molecule has 168 valence electrons. The van der Waals surface area contributed by atoms with E-state index in [-0.39, 0.29) is 30.6 Å². The molecule has 3 fully saturated rings. The third-order valence-corrected chi connectivity index (χ3v) is 8.06. The molecule has 5 aliphatic rings. The molecule has 5 aliphatic heterocycles. The molecule has 1 spiro atoms. The summed E-state index contributed by atoms with van der Waals surface area (Å²) in [6, 6.07) is 9.01. The van der Waals surface area contributed by atoms with E-state index in [1.54, 1.807) is 18.2 Å². The van der Waals surface area contributed by atoms with Crippen molar-refractivity contribution in [1.29, 1.82) is 0 Å². The summed E-state index contributed by atoms with van der Waals surface area (Å²) in [5, 5.41) is 3.08. The zero-order valence-electron chi connectivity index (χ0n) is 18.4. The van der Waals surface area contributed by atoms with E-state index in [4.69, 9.17) is 9.47 Å². The average molecular weight is 445 g/mol. The predicted molar refractivity (Wildman–Crippen MR) is 118 cm³/mol. The first-order valence-electron chi connectivity index (χ1n) is 11.4. The molecule has 0 bridgehead atoms. The number of ether oxygens (including phenoxy) is 2. The number of hydrogen-bond acceptors (Lipinski definition) is 6. The van der Waals surface area contributed by atoms with Crippen molar-refractivity contribution in [3.05, 3.63) is 47.0 Å². The van der Waals surface area contributed by atoms with E-state index in [9.17, 15) is 14.4 Å². The average Bonchev–Trinajstić information content (AvgIpc) is 3.55. The van der Waals surface area contributed by atoms with E-state index in [1.165, 1.54) is 4.90 Å². The molecule has 7 rings (SSSR count). The van der Waals surface area contributed by atoms with Gasteiger partial charge in [-0.25, -0.2) is 4.90 Å². The molecule has 8 heteroatoms. The number of hydrogen-bond donors (Lipinski definition) is 1. The highest BCUT2D eigenvalue weighted by molar-refractivity contribution is 6.26. The van der Waals surface area contributed by atoms with E-state index in [2.05, 4.69) is 10.2 Å². The van der Waals surface area contributed by atoms with Crippen LogP contribution in [0.3, 0.4) is 0 Å². The number of imide groups is 1. The minimum absolute atomic E-state index is 0.113. The summed E-state index contributed by atoms with van der Waals surface area (Å²) >= 11 is 0. The molecule has 3 saturated heterocycles. The van der Waals surface area contributed by atoms with Gasteiger partial charge in [-0.2, -0.15) is 0 Å². The Bertz CT molecular complexity index is 1290. The van der Waals surface area contributed by atoms with Crippen molar-refractivity contribution >= 4 is 29.1 Å². The van der Waals surface area contributed by atoms with Crippen LogP contribution < -0.4 is 19.7 Å². The van der Waals surface area contributed by atoms with Gasteiger partial charge in [0.15, 0.2) is 11.5 Å². The smallest absolute Gasteiger partial charge is 0.250 e. The van der Waals surface area contributed by atoms with Crippen LogP contribution in [0.4, 0.5) is 11.4 Å². The first kappa shape index (κ1) is 19.1. The van der Waals surface area contributed by atoms with E-state index < -0.39 is 17.4 Å². The third-order valence-electron chi connectivity index (χ3n) is 8.06. The van der Waals surface area contributed by atoms with Gasteiger partial charge in [0.25, 0.3) is 0 Å². The van der Waals surface area contributed by atoms with E-state index in [0.717, 1.165) is 35.2 Å². The van der Waals surface area contributed by atoms with Crippen LogP contribution in [-0.2, 0) is 19.9 Å². The summed E-state index contributed by atoms with van der Waals surface area (Å²) in [5.41, 5.74) is 2.92. The van der Waals surface area contributed by atoms with Crippen molar-refractivity contribution in [2.24, 2.45) is 11.8 Å². The standard InChI is InChI=1S/C25H23N3O5/c1-12-8-13(2)21-15(9-12)25(24(31)26-21)20-19(16-4-3-7-27(16)25)22(29)28(23(20)30)14-5-6-17-18(10-14)33-11-32-17/h5-6,8-10,16,19-20H,3-4,7,11H2,1-2H3,(H,26,31)/t16-,19+,20-,25+/m0/s1. The van der Waals surface area contributed by atoms with Crippen LogP contribution >= 0.6 is 0 Å². The number of carbonyl (C=O) groups excluding carboxylic acids is 3. The SMILES string of the molecule is Cc1cc(C)c2c(c1)[C@]1(C(=O)N2)[C@@H]2C(=O)N(c3ccc4c(c3)OCO4)C(=O)[C@@H]2[C@@H]2CCCN21. The lowest BCUT2D eigenvalue weighted by Gasteiger charge is -2.36. The zero-order chi connectivity index (χ0) is 22.6. The Morgan fingerprint density at radius 1 is 1.03 bits per heavy atom. The summed E-state index contributed by atoms with van der Waals surface area (Å²) in [7, 11) is 0. The van der Waals surface area contributed by atoms with Gasteiger partial charge in [0.2, 0.25) is 24.5 Å². The fraction of sp³-hybridized carbons (Fsp3) is 0.400. The number of nitrogens with one attached hydrogen (secondary N) is 1. The van der Waals surface area contributed by atoms with Crippen molar-refractivity contribution in [2.45, 2.75) is 38.3 Å². The van der Waals surface area contributed by atoms with Crippen molar-refractivity contribution < 1.29 is 23.9 Å². The van der Waals surface area contributed by atoms with E-state index in [0.29, 0.717) is 23.7 Å². The number of nitrogens with zero attached hydrogens (tertiary/aromatic N) is 2. The molecule has 0 unspecified atom stereocenters. The monoisotopic (exact) mass is 445 g/mol. The van der Waals surface area contributed by atoms with Gasteiger partial charge in [0, 0.05) is 23.4 Å². The molecule has 33 heavy (non-hydrogen) atoms. The van der Waals surface area contributed by atoms with Gasteiger partial charge < -0.3 is 14.8 Å². The Morgan fingerprint density at radius 3 is 2.70 bits per heavy atom. The molecule has 0 radical (unpaired) electrons. The van der Waals surface area contributed by atoms with Gasteiger partial charge in [0.05, 0.1) is 17.5 Å². The predicted octanol–water partition coefficient (Wildman–Crippen LogP) is 2.46. The first-order chi connectivity index (χ1) is 15.9. The van der Waals surface area contributed by atoms with Crippen LogP contribution in [0.1, 0.15) is 29.5 Å². The highest BCUT2D eigenvalue weighted by Gasteiger charge is 2.74. The number of anilines is 2. The molecule has 2 aromatic carbocycles. The lowest BCUT2D eigenvalue weighted by Crippen LogP contribution is -2.54. The Morgan fingerprint density at radius 2 is 1.85 bits per heavy atom. The number of benzene rings is 2. The molecule has 8 nitrogen and oxygen atoms in total. The molecule has 3 amide bonds. The highest BCUT2D eigenvalue weighted by Crippen LogP contribution is 2.61. The summed E-state index contributed by atoms with van der Waals surface area (Å²) in [6.45, 7) is 4.78. The van der Waals surface area contributed by atoms with Crippen molar-refractivity contribution in [3.63, 3.8) is 0 Å². The Balaban J connectivity index is 1.42. The van der Waals surface area contributed by atoms with Gasteiger partial charge in [-0.15, -0.1) is 0 Å². The third kappa shape index (κ3) is 2.13. The highest BCUT2D eigenvalue weighted by atomic mass is 16.7. The Kier molecular flexibility index (Phi) is 3.55. The minimum atomic E-state index is -1.16. The maximum Gasteiger partial charge on any atom is 0.250 e. The van der Waals surface area contributed by atoms with Gasteiger partial charge in [-0.3, -0.25) is 19.3 Å². The lowest BCUT2D eigenvalue weighted by atomic mass is 9.75. The second-order valence-corrected chi connectivity index (χ2v) is 9.68. The van der Waals surface area contributed by atoms with Gasteiger partial charge >= 0.3 is 0 Å². The molecule has 5 heterocycles. The minimum Gasteiger partial charge on any atom is -0.454 e. The zero-order valence-corrected chi connectivity index (χ0v) is 18.4. The Hall–Kier alpha value is -3.39. The summed E-state index contributed by atoms with van der Waals surface area (Å²) < 4.78 is 10.9. The number of aryl methyl sites for hydroxylation is 2. The number of fused-ring (bicyclic) bond motifs is 8. The molecule has 2 aromatic rings. The quantitative estimate of drug-likeness (QED) is 0.679. The van der Waals surface area contributed by atoms with Crippen LogP contribution in [0.15, 0.2) is 30.3 Å². The van der Waals surface area contributed by atoms with Gasteiger partial charge in [-0.1, -0.05) is 17.7 Å². The largest absolute Gasteiger partial charge is 0.454 e. The van der Waals surface area contributed by atoms with E-state index >= 15 is 0 Å². The van der Waals surface area contributed by atoms with Crippen LogP contribution in [0.5, 0.6) is 11.5 Å². The first-order valence-corrected chi connectivity index (χ1v) is 11.4. The molecule has 4 atom stereocenters. The fourth-order valence-electron chi connectivity index (χ4n) is 6.94. The molecule has 0 saturated carbocycles. The van der Waals surface area contributed by atoms with Crippen molar-refractivity contribution in [3.8, 4) is 11.5 Å². The normalized spacial score (nSPS) is 31.4. The van der Waals surface area contributed by atoms with Gasteiger partial charge in [-0.05, 0) is 50.9 Å². The number of rotatable bonds is 1. The van der Waals surface area contributed by atoms with Crippen LogP contribution in [0.2, 0.25) is 0 Å². The van der Waals surface area contributed by atoms with E-state index in [1.807, 2.05) is 26.0 Å². The molecular formula is C25H23N3O5. The molecule has 0 aromatic heterocycles. The lowest BCUT2D eigenvalue weighted by molar-refractivity contribution is -0.135. The second kappa shape index (κ2) is 6.14. The summed E-state index contributed by atoms with van der Waals surface area (Å²) in [6.07, 6.45) is 1.69. The number of carbonyl (C=O) groups is 3. The van der Waals surface area contributed by atoms with Gasteiger partial charge in [0.1, 0.15) is 5.54 Å². The number of amides is 3. The van der Waals surface area contributed by atoms with Crippen LogP contribution in [-0.4, -0.2) is 42.0 Å². The van der Waals surface area contributed by atoms with Crippen molar-refractivity contribution in [2.75, 3.05) is 23.6 Å².